The van der Waals surface area contributed by atoms with Crippen LogP contribution in [0, 0.1) is 5.92 Å². The molecule has 0 saturated carbocycles. The van der Waals surface area contributed by atoms with Crippen molar-refractivity contribution < 1.29 is 33.6 Å². The first-order valence-corrected chi connectivity index (χ1v) is 16.3. The molecular formula is C35H47N7O7. The Kier molecular flexibility index (Phi) is 13.8. The molecule has 49 heavy (non-hydrogen) atoms. The van der Waals surface area contributed by atoms with Crippen molar-refractivity contribution in [3.63, 3.8) is 0 Å². The van der Waals surface area contributed by atoms with Crippen LogP contribution in [-0.2, 0) is 40.0 Å². The van der Waals surface area contributed by atoms with E-state index in [1.54, 1.807) is 68.4 Å². The van der Waals surface area contributed by atoms with E-state index < -0.39 is 84.6 Å². The largest absolute Gasteiger partial charge is 0.347 e. The van der Waals surface area contributed by atoms with Gasteiger partial charge in [-0.3, -0.25) is 33.6 Å². The van der Waals surface area contributed by atoms with Crippen molar-refractivity contribution in [1.29, 1.82) is 0 Å². The summed E-state index contributed by atoms with van der Waals surface area (Å²) < 4.78 is 0. The number of nitrogens with one attached hydrogen (secondary N) is 5. The summed E-state index contributed by atoms with van der Waals surface area (Å²) in [4.78, 5) is 95.3. The van der Waals surface area contributed by atoms with Crippen LogP contribution < -0.4 is 26.6 Å². The van der Waals surface area contributed by atoms with Gasteiger partial charge in [0.1, 0.15) is 24.2 Å². The number of nitrogens with zero attached hydrogens (tertiary/aromatic N) is 2. The average molecular weight is 678 g/mol. The number of benzene rings is 2. The lowest BCUT2D eigenvalue weighted by Crippen LogP contribution is -2.60. The van der Waals surface area contributed by atoms with E-state index in [2.05, 4.69) is 26.6 Å². The van der Waals surface area contributed by atoms with Gasteiger partial charge < -0.3 is 36.4 Å². The van der Waals surface area contributed by atoms with Gasteiger partial charge in [0.05, 0.1) is 19.1 Å². The maximum atomic E-state index is 13.9. The fourth-order valence-corrected chi connectivity index (χ4v) is 5.26. The second-order valence-corrected chi connectivity index (χ2v) is 12.6. The zero-order chi connectivity index (χ0) is 36.2. The second-order valence-electron chi connectivity index (χ2n) is 12.6. The van der Waals surface area contributed by atoms with E-state index in [1.807, 2.05) is 6.07 Å². The molecule has 7 amide bonds. The van der Waals surface area contributed by atoms with Gasteiger partial charge in [0.15, 0.2) is 0 Å². The Morgan fingerprint density at radius 3 is 2.04 bits per heavy atom. The van der Waals surface area contributed by atoms with Gasteiger partial charge in [-0.2, -0.15) is 0 Å². The van der Waals surface area contributed by atoms with Gasteiger partial charge in [-0.25, -0.2) is 0 Å². The lowest BCUT2D eigenvalue weighted by Gasteiger charge is -2.33. The molecule has 1 heterocycles. The Morgan fingerprint density at radius 2 is 1.45 bits per heavy atom. The zero-order valence-electron chi connectivity index (χ0n) is 28.8. The molecule has 14 nitrogen and oxygen atoms in total. The van der Waals surface area contributed by atoms with Crippen LogP contribution in [-0.4, -0.2) is 102 Å². The lowest BCUT2D eigenvalue weighted by molar-refractivity contribution is -0.143. The van der Waals surface area contributed by atoms with Gasteiger partial charge in [-0.1, -0.05) is 74.5 Å². The van der Waals surface area contributed by atoms with Gasteiger partial charge >= 0.3 is 0 Å². The fraction of sp³-hybridized carbons (Fsp3) is 0.457. The van der Waals surface area contributed by atoms with Crippen LogP contribution in [0.25, 0.3) is 0 Å². The minimum absolute atomic E-state index is 0.0849. The van der Waals surface area contributed by atoms with Gasteiger partial charge in [-0.15, -0.1) is 0 Å². The summed E-state index contributed by atoms with van der Waals surface area (Å²) in [6, 6.07) is 12.7. The highest BCUT2D eigenvalue weighted by Crippen LogP contribution is 2.16. The lowest BCUT2D eigenvalue weighted by atomic mass is 10.0. The number of rotatable bonds is 6. The van der Waals surface area contributed by atoms with E-state index in [9.17, 15) is 33.6 Å². The molecule has 0 spiro atoms. The van der Waals surface area contributed by atoms with E-state index in [-0.39, 0.29) is 18.9 Å². The van der Waals surface area contributed by atoms with Crippen molar-refractivity contribution in [2.75, 3.05) is 26.7 Å². The Morgan fingerprint density at radius 1 is 0.837 bits per heavy atom. The highest BCUT2D eigenvalue weighted by molar-refractivity contribution is 5.96. The third kappa shape index (κ3) is 11.2. The molecule has 3 rings (SSSR count). The molecule has 0 radical (unpaired) electrons. The third-order valence-corrected chi connectivity index (χ3v) is 8.32. The minimum Gasteiger partial charge on any atom is -0.347 e. The molecule has 0 aliphatic carbocycles. The predicted octanol–water partition coefficient (Wildman–Crippen LogP) is 0.0421. The number of carbonyl (C=O) groups is 7. The second kappa shape index (κ2) is 17.8. The molecule has 1 aliphatic heterocycles. The molecule has 0 unspecified atom stereocenters. The SMILES string of the molecule is CC(=O)NCC(=O)N1CC(=O)N[C@@H](Cc2ccccc2)C(=O)N(C)[C@@H](C)C(=O)N[C@H](C(C)C)C(=O)N[C@@H](C)C(=O)N[C@H](c2ccccc2)C1. The van der Waals surface area contributed by atoms with E-state index in [4.69, 9.17) is 0 Å². The van der Waals surface area contributed by atoms with Crippen LogP contribution in [0.3, 0.4) is 0 Å². The molecule has 14 heteroatoms. The van der Waals surface area contributed by atoms with Gasteiger partial charge in [0.25, 0.3) is 0 Å². The van der Waals surface area contributed by atoms with Crippen LogP contribution in [0.2, 0.25) is 0 Å². The maximum Gasteiger partial charge on any atom is 0.245 e. The summed E-state index contributed by atoms with van der Waals surface area (Å²) >= 11 is 0. The molecule has 2 aromatic rings. The smallest absolute Gasteiger partial charge is 0.245 e. The van der Waals surface area contributed by atoms with Crippen molar-refractivity contribution >= 4 is 41.4 Å². The first kappa shape index (κ1) is 38.2. The number of hydrogen-bond acceptors (Lipinski definition) is 7. The summed E-state index contributed by atoms with van der Waals surface area (Å²) in [5.74, 6) is -4.43. The number of amides is 7. The van der Waals surface area contributed by atoms with E-state index in [1.165, 1.54) is 37.6 Å². The number of likely N-dealkylation sites (N-methyl/N-ethyl adjacent to an activating group) is 1. The van der Waals surface area contributed by atoms with Crippen LogP contribution in [0.5, 0.6) is 0 Å². The van der Waals surface area contributed by atoms with Gasteiger partial charge in [-0.05, 0) is 30.9 Å². The Labute approximate surface area is 286 Å². The van der Waals surface area contributed by atoms with Crippen molar-refractivity contribution in [1.82, 2.24) is 36.4 Å². The van der Waals surface area contributed by atoms with E-state index in [0.717, 1.165) is 5.56 Å². The van der Waals surface area contributed by atoms with Crippen LogP contribution >= 0.6 is 0 Å². The highest BCUT2D eigenvalue weighted by Gasteiger charge is 2.35. The van der Waals surface area contributed by atoms with E-state index in [0.29, 0.717) is 5.56 Å². The first-order chi connectivity index (χ1) is 23.2. The average Bonchev–Trinajstić information content (AvgIpc) is 3.07. The summed E-state index contributed by atoms with van der Waals surface area (Å²) in [6.45, 7) is 6.62. The molecule has 1 saturated heterocycles. The molecule has 0 aromatic heterocycles. The summed E-state index contributed by atoms with van der Waals surface area (Å²) in [7, 11) is 1.43. The van der Waals surface area contributed by atoms with Gasteiger partial charge in [0, 0.05) is 26.9 Å². The van der Waals surface area contributed by atoms with Crippen molar-refractivity contribution in [3.8, 4) is 0 Å². The molecular weight excluding hydrogens is 630 g/mol. The van der Waals surface area contributed by atoms with Crippen LogP contribution in [0.15, 0.2) is 60.7 Å². The van der Waals surface area contributed by atoms with Crippen LogP contribution in [0.4, 0.5) is 0 Å². The molecule has 264 valence electrons. The summed E-state index contributed by atoms with van der Waals surface area (Å²) in [5.41, 5.74) is 1.35. The zero-order valence-corrected chi connectivity index (χ0v) is 28.8. The quantitative estimate of drug-likeness (QED) is 0.286. The fourth-order valence-electron chi connectivity index (χ4n) is 5.26. The van der Waals surface area contributed by atoms with E-state index >= 15 is 0 Å². The van der Waals surface area contributed by atoms with Crippen LogP contribution in [0.1, 0.15) is 51.8 Å². The molecule has 2 aromatic carbocycles. The summed E-state index contributed by atoms with van der Waals surface area (Å²) in [5, 5.41) is 13.4. The maximum absolute atomic E-state index is 13.9. The Bertz CT molecular complexity index is 1500. The molecule has 1 aliphatic rings. The molecule has 5 N–H and O–H groups in total. The monoisotopic (exact) mass is 677 g/mol. The van der Waals surface area contributed by atoms with Gasteiger partial charge in [0.2, 0.25) is 41.4 Å². The van der Waals surface area contributed by atoms with Crippen molar-refractivity contribution in [3.05, 3.63) is 71.8 Å². The predicted molar refractivity (Wildman–Crippen MR) is 181 cm³/mol. The number of carbonyl (C=O) groups excluding carboxylic acids is 7. The highest BCUT2D eigenvalue weighted by atomic mass is 16.2. The third-order valence-electron chi connectivity index (χ3n) is 8.32. The number of hydrogen-bond donors (Lipinski definition) is 5. The topological polar surface area (TPSA) is 186 Å². The summed E-state index contributed by atoms with van der Waals surface area (Å²) in [6.07, 6.45) is 0.0849. The molecule has 0 bridgehead atoms. The Hall–Kier alpha value is -5.27. The molecule has 5 atom stereocenters. The molecule has 1 fully saturated rings. The van der Waals surface area contributed by atoms with Crippen molar-refractivity contribution in [2.24, 2.45) is 5.92 Å². The van der Waals surface area contributed by atoms with Crippen molar-refractivity contribution in [2.45, 2.75) is 71.2 Å². The normalized spacial score (nSPS) is 23.4. The minimum atomic E-state index is -1.13. The standard InChI is InChI=1S/C35H47N7O7/c1-21(2)31-34(48)37-22(3)32(46)39-28(26-15-11-8-12-16-26)19-42(30(45)18-36-24(5)43)20-29(44)38-27(17-25-13-9-7-10-14-25)35(49)41(6)23(4)33(47)40-31/h7-16,21-23,27-28,31H,17-20H2,1-6H3,(H,36,43)(H,37,48)(H,38,44)(H,39,46)(H,40,47)/t22-,23-,27-,28-,31+/m0/s1. The first-order valence-electron chi connectivity index (χ1n) is 16.3. The Balaban J connectivity index is 2.08.